The molecule has 0 bridgehead atoms. The highest BCUT2D eigenvalue weighted by Crippen LogP contribution is 2.27. The second-order valence-corrected chi connectivity index (χ2v) is 5.98. The first-order valence-corrected chi connectivity index (χ1v) is 7.47. The van der Waals surface area contributed by atoms with Gasteiger partial charge in [-0.1, -0.05) is 19.9 Å². The van der Waals surface area contributed by atoms with Crippen LogP contribution in [0.4, 0.5) is 4.39 Å². The van der Waals surface area contributed by atoms with Crippen LogP contribution < -0.4 is 5.32 Å². The summed E-state index contributed by atoms with van der Waals surface area (Å²) in [7, 11) is 0. The Bertz CT molecular complexity index is 611. The highest BCUT2D eigenvalue weighted by atomic mass is 32.1. The maximum atomic E-state index is 13.2. The second kappa shape index (κ2) is 5.89. The van der Waals surface area contributed by atoms with Crippen LogP contribution in [-0.4, -0.2) is 23.2 Å². The van der Waals surface area contributed by atoms with Crippen LogP contribution >= 0.6 is 11.3 Å². The number of carbonyl (C=O) groups excluding carboxylic acids is 1. The van der Waals surface area contributed by atoms with Gasteiger partial charge in [0.15, 0.2) is 0 Å². The molecule has 0 spiro atoms. The zero-order valence-corrected chi connectivity index (χ0v) is 12.4. The van der Waals surface area contributed by atoms with Crippen LogP contribution in [-0.2, 0) is 0 Å². The van der Waals surface area contributed by atoms with Gasteiger partial charge in [0.2, 0.25) is 0 Å². The molecule has 1 amide bonds. The molecule has 5 heteroatoms. The van der Waals surface area contributed by atoms with Crippen LogP contribution in [0.25, 0.3) is 10.1 Å². The summed E-state index contributed by atoms with van der Waals surface area (Å²) in [6.45, 7) is 3.77. The summed E-state index contributed by atoms with van der Waals surface area (Å²) < 4.78 is 13.9. The maximum Gasteiger partial charge on any atom is 0.261 e. The Morgan fingerprint density at radius 1 is 1.35 bits per heavy atom. The topological polar surface area (TPSA) is 49.3 Å². The van der Waals surface area contributed by atoms with Gasteiger partial charge in [0.25, 0.3) is 5.91 Å². The Labute approximate surface area is 121 Å². The number of carbonyl (C=O) groups is 1. The molecule has 2 N–H and O–H groups in total. The minimum Gasteiger partial charge on any atom is -0.394 e. The summed E-state index contributed by atoms with van der Waals surface area (Å²) in [6.07, 6.45) is 1.32. The van der Waals surface area contributed by atoms with Crippen molar-refractivity contribution in [2.45, 2.75) is 32.2 Å². The van der Waals surface area contributed by atoms with Crippen molar-refractivity contribution in [3.05, 3.63) is 35.0 Å². The van der Waals surface area contributed by atoms with E-state index in [-0.39, 0.29) is 18.3 Å². The molecule has 0 aliphatic heterocycles. The predicted molar refractivity (Wildman–Crippen MR) is 79.6 cm³/mol. The third-order valence-corrected chi connectivity index (χ3v) is 4.84. The van der Waals surface area contributed by atoms with Gasteiger partial charge in [-0.2, -0.15) is 0 Å². The van der Waals surface area contributed by atoms with Gasteiger partial charge in [-0.15, -0.1) is 11.3 Å². The lowest BCUT2D eigenvalue weighted by molar-refractivity contribution is 0.0822. The molecule has 2 aromatic rings. The molecule has 0 saturated carbocycles. The SMILES string of the molecule is CCC(CC)(CO)NC(=O)c1cc2ccc(F)cc2s1. The number of fused-ring (bicyclic) bond motifs is 1. The Kier molecular flexibility index (Phi) is 4.40. The van der Waals surface area contributed by atoms with Gasteiger partial charge in [-0.25, -0.2) is 4.39 Å². The van der Waals surface area contributed by atoms with Crippen LogP contribution in [0.1, 0.15) is 36.4 Å². The monoisotopic (exact) mass is 295 g/mol. The molecule has 3 nitrogen and oxygen atoms in total. The molecular formula is C15H18FNO2S. The first-order valence-electron chi connectivity index (χ1n) is 6.66. The van der Waals surface area contributed by atoms with Crippen LogP contribution in [0.15, 0.2) is 24.3 Å². The number of nitrogens with one attached hydrogen (secondary N) is 1. The summed E-state index contributed by atoms with van der Waals surface area (Å²) in [4.78, 5) is 12.8. The van der Waals surface area contributed by atoms with E-state index in [2.05, 4.69) is 5.32 Å². The molecular weight excluding hydrogens is 277 g/mol. The van der Waals surface area contributed by atoms with Crippen LogP contribution in [0.3, 0.4) is 0 Å². The number of halogens is 1. The largest absolute Gasteiger partial charge is 0.394 e. The normalized spacial score (nSPS) is 11.8. The quantitative estimate of drug-likeness (QED) is 0.889. The number of aliphatic hydroxyl groups is 1. The van der Waals surface area contributed by atoms with Gasteiger partial charge >= 0.3 is 0 Å². The van der Waals surface area contributed by atoms with Gasteiger partial charge in [0.1, 0.15) is 5.82 Å². The standard InChI is InChI=1S/C15H18FNO2S/c1-3-15(4-2,9-18)17-14(19)13-7-10-5-6-11(16)8-12(10)20-13/h5-8,18H,3-4,9H2,1-2H3,(H,17,19). The van der Waals surface area contributed by atoms with E-state index in [1.807, 2.05) is 13.8 Å². The number of hydrogen-bond donors (Lipinski definition) is 2. The van der Waals surface area contributed by atoms with Crippen LogP contribution in [0.5, 0.6) is 0 Å². The Hall–Kier alpha value is -1.46. The average Bonchev–Trinajstić information content (AvgIpc) is 2.88. The average molecular weight is 295 g/mol. The van der Waals surface area contributed by atoms with Crippen molar-refractivity contribution >= 4 is 27.3 Å². The van der Waals surface area contributed by atoms with Crippen LogP contribution in [0.2, 0.25) is 0 Å². The van der Waals surface area contributed by atoms with E-state index in [0.717, 1.165) is 10.1 Å². The van der Waals surface area contributed by atoms with Gasteiger partial charge in [-0.3, -0.25) is 4.79 Å². The molecule has 1 aromatic carbocycles. The molecule has 0 unspecified atom stereocenters. The first kappa shape index (κ1) is 14.9. The van der Waals surface area contributed by atoms with Gasteiger partial charge < -0.3 is 10.4 Å². The summed E-state index contributed by atoms with van der Waals surface area (Å²) in [6, 6.07) is 6.22. The van der Waals surface area contributed by atoms with Crippen molar-refractivity contribution in [2.24, 2.45) is 0 Å². The Balaban J connectivity index is 2.27. The van der Waals surface area contributed by atoms with E-state index in [9.17, 15) is 14.3 Å². The molecule has 0 saturated heterocycles. The zero-order chi connectivity index (χ0) is 14.8. The number of amides is 1. The van der Waals surface area contributed by atoms with Crippen molar-refractivity contribution in [1.82, 2.24) is 5.32 Å². The molecule has 20 heavy (non-hydrogen) atoms. The van der Waals surface area contributed by atoms with E-state index >= 15 is 0 Å². The summed E-state index contributed by atoms with van der Waals surface area (Å²) in [5.41, 5.74) is -0.585. The molecule has 0 atom stereocenters. The second-order valence-electron chi connectivity index (χ2n) is 4.89. The Morgan fingerprint density at radius 2 is 2.05 bits per heavy atom. The molecule has 2 rings (SSSR count). The van der Waals surface area contributed by atoms with E-state index < -0.39 is 5.54 Å². The summed E-state index contributed by atoms with van der Waals surface area (Å²) >= 11 is 1.26. The lowest BCUT2D eigenvalue weighted by Gasteiger charge is -2.30. The fourth-order valence-electron chi connectivity index (χ4n) is 2.11. The number of rotatable bonds is 5. The Morgan fingerprint density at radius 3 is 2.65 bits per heavy atom. The zero-order valence-electron chi connectivity index (χ0n) is 11.6. The number of hydrogen-bond acceptors (Lipinski definition) is 3. The fourth-order valence-corrected chi connectivity index (χ4v) is 3.09. The van der Waals surface area contributed by atoms with E-state index in [1.165, 1.54) is 23.5 Å². The molecule has 0 fully saturated rings. The van der Waals surface area contributed by atoms with Crippen molar-refractivity contribution in [1.29, 1.82) is 0 Å². The molecule has 1 aromatic heterocycles. The van der Waals surface area contributed by atoms with Crippen molar-refractivity contribution in [2.75, 3.05) is 6.61 Å². The summed E-state index contributed by atoms with van der Waals surface area (Å²) in [5.74, 6) is -0.525. The fraction of sp³-hybridized carbons (Fsp3) is 0.400. The molecule has 1 heterocycles. The number of aliphatic hydroxyl groups excluding tert-OH is 1. The lowest BCUT2D eigenvalue weighted by Crippen LogP contribution is -2.50. The van der Waals surface area contributed by atoms with E-state index in [0.29, 0.717) is 17.7 Å². The van der Waals surface area contributed by atoms with Gasteiger partial charge in [0.05, 0.1) is 17.0 Å². The minimum atomic E-state index is -0.585. The first-order chi connectivity index (χ1) is 9.53. The van der Waals surface area contributed by atoms with Gasteiger partial charge in [-0.05, 0) is 36.4 Å². The van der Waals surface area contributed by atoms with Crippen molar-refractivity contribution in [3.8, 4) is 0 Å². The summed E-state index contributed by atoms with van der Waals surface area (Å²) in [5, 5.41) is 13.2. The third kappa shape index (κ3) is 2.83. The van der Waals surface area contributed by atoms with Crippen molar-refractivity contribution in [3.63, 3.8) is 0 Å². The molecule has 0 radical (unpaired) electrons. The third-order valence-electron chi connectivity index (χ3n) is 3.74. The maximum absolute atomic E-state index is 13.2. The van der Waals surface area contributed by atoms with E-state index in [4.69, 9.17) is 0 Å². The highest BCUT2D eigenvalue weighted by Gasteiger charge is 2.28. The van der Waals surface area contributed by atoms with Crippen molar-refractivity contribution < 1.29 is 14.3 Å². The molecule has 0 aliphatic rings. The van der Waals surface area contributed by atoms with Crippen LogP contribution in [0, 0.1) is 5.82 Å². The lowest BCUT2D eigenvalue weighted by atomic mass is 9.94. The minimum absolute atomic E-state index is 0.0920. The number of benzene rings is 1. The smallest absolute Gasteiger partial charge is 0.261 e. The van der Waals surface area contributed by atoms with Gasteiger partial charge in [0, 0.05) is 4.70 Å². The predicted octanol–water partition coefficient (Wildman–Crippen LogP) is 3.32. The molecule has 108 valence electrons. The molecule has 0 aliphatic carbocycles. The highest BCUT2D eigenvalue weighted by molar-refractivity contribution is 7.20. The van der Waals surface area contributed by atoms with E-state index in [1.54, 1.807) is 12.1 Å². The number of thiophene rings is 1.